The summed E-state index contributed by atoms with van der Waals surface area (Å²) in [6, 6.07) is 0. The number of anilines is 1. The number of carbonyl (C=O) groups excluding carboxylic acids is 3. The zero-order valence-corrected chi connectivity index (χ0v) is 16.1. The van der Waals surface area contributed by atoms with Gasteiger partial charge in [0.1, 0.15) is 22.6 Å². The highest BCUT2D eigenvalue weighted by atomic mass is 35.5. The van der Waals surface area contributed by atoms with Gasteiger partial charge in [0.25, 0.3) is 5.91 Å². The maximum Gasteiger partial charge on any atom is 0.267 e. The number of hydrogen-bond acceptors (Lipinski definition) is 7. The van der Waals surface area contributed by atoms with Crippen molar-refractivity contribution in [1.29, 1.82) is 0 Å². The largest absolute Gasteiger partial charge is 0.368 e. The van der Waals surface area contributed by atoms with E-state index < -0.39 is 17.4 Å². The van der Waals surface area contributed by atoms with Crippen molar-refractivity contribution in [2.45, 2.75) is 31.2 Å². The van der Waals surface area contributed by atoms with Crippen LogP contribution in [0.15, 0.2) is 17.5 Å². The molecule has 1 aliphatic carbocycles. The number of halogens is 1. The molecule has 1 aliphatic heterocycles. The summed E-state index contributed by atoms with van der Waals surface area (Å²) in [7, 11) is 1.48. The Balaban J connectivity index is 1.69. The maximum atomic E-state index is 12.6. The van der Waals surface area contributed by atoms with Crippen molar-refractivity contribution in [1.82, 2.24) is 20.6 Å². The van der Waals surface area contributed by atoms with E-state index in [1.165, 1.54) is 19.6 Å². The lowest BCUT2D eigenvalue weighted by Crippen LogP contribution is -2.65. The molecule has 10 nitrogen and oxygen atoms in total. The lowest BCUT2D eigenvalue weighted by Gasteiger charge is -2.39. The number of nitrogens with zero attached hydrogens (tertiary/aromatic N) is 3. The zero-order valence-electron chi connectivity index (χ0n) is 15.4. The molecule has 1 aromatic heterocycles. The quantitative estimate of drug-likeness (QED) is 0.532. The van der Waals surface area contributed by atoms with Crippen molar-refractivity contribution in [3.63, 3.8) is 0 Å². The van der Waals surface area contributed by atoms with Gasteiger partial charge in [-0.2, -0.15) is 0 Å². The Labute approximate surface area is 166 Å². The molecular weight excluding hydrogens is 386 g/mol. The molecule has 2 heterocycles. The Kier molecular flexibility index (Phi) is 5.90. The molecular formula is C17H22ClN7O3. The molecule has 11 heteroatoms. The van der Waals surface area contributed by atoms with Crippen LogP contribution >= 0.6 is 11.6 Å². The third-order valence-electron chi connectivity index (χ3n) is 5.42. The summed E-state index contributed by atoms with van der Waals surface area (Å²) < 4.78 is 0. The summed E-state index contributed by atoms with van der Waals surface area (Å²) in [4.78, 5) is 49.0. The van der Waals surface area contributed by atoms with E-state index in [-0.39, 0.29) is 41.0 Å². The monoisotopic (exact) mass is 407 g/mol. The van der Waals surface area contributed by atoms with Crippen molar-refractivity contribution >= 4 is 40.9 Å². The molecule has 5 N–H and O–H groups in total. The fourth-order valence-corrected chi connectivity index (χ4v) is 4.13. The molecule has 0 spiro atoms. The first-order valence-electron chi connectivity index (χ1n) is 8.98. The molecule has 0 radical (unpaired) electrons. The standard InChI is InChI=1S/C17H22ClN7O3/c1-20-15(27)12-17(16(19)28,24-8-22-12)10-4-2-9(3-5-10)14(26)25-13-11(18)6-21-7-23-13/h6-7,9-10,24H,2-5,8H2,1H3,(H2,19,28)(H,20,27)(H,21,23,25,26). The zero-order chi connectivity index (χ0) is 20.3. The summed E-state index contributed by atoms with van der Waals surface area (Å²) in [5, 5.41) is 8.51. The summed E-state index contributed by atoms with van der Waals surface area (Å²) in [5.41, 5.74) is 4.50. The van der Waals surface area contributed by atoms with Gasteiger partial charge in [-0.05, 0) is 31.6 Å². The summed E-state index contributed by atoms with van der Waals surface area (Å²) >= 11 is 5.98. The number of nitrogens with one attached hydrogen (secondary N) is 3. The second-order valence-electron chi connectivity index (χ2n) is 6.85. The summed E-state index contributed by atoms with van der Waals surface area (Å²) in [5.74, 6) is -1.46. The average Bonchev–Trinajstić information content (AvgIpc) is 3.15. The SMILES string of the molecule is CNC(=O)C1=NCNC1(C(N)=O)C1CCC(C(=O)Nc2ncncc2Cl)CC1. The number of amides is 3. The van der Waals surface area contributed by atoms with Crippen LogP contribution in [-0.4, -0.2) is 52.7 Å². The van der Waals surface area contributed by atoms with Crippen LogP contribution in [0, 0.1) is 11.8 Å². The van der Waals surface area contributed by atoms with Gasteiger partial charge in [0.05, 0.1) is 12.9 Å². The second-order valence-corrected chi connectivity index (χ2v) is 7.26. The summed E-state index contributed by atoms with van der Waals surface area (Å²) in [6.45, 7) is 0.151. The maximum absolute atomic E-state index is 12.6. The number of hydrogen-bond donors (Lipinski definition) is 4. The van der Waals surface area contributed by atoms with E-state index in [1.54, 1.807) is 0 Å². The number of primary amides is 1. The van der Waals surface area contributed by atoms with Gasteiger partial charge in [-0.3, -0.25) is 24.7 Å². The van der Waals surface area contributed by atoms with Gasteiger partial charge in [0.2, 0.25) is 11.8 Å². The Bertz CT molecular complexity index is 823. The topological polar surface area (TPSA) is 151 Å². The van der Waals surface area contributed by atoms with Gasteiger partial charge in [-0.25, -0.2) is 9.97 Å². The van der Waals surface area contributed by atoms with Crippen LogP contribution in [0.4, 0.5) is 5.82 Å². The average molecular weight is 408 g/mol. The van der Waals surface area contributed by atoms with E-state index in [2.05, 4.69) is 30.9 Å². The normalized spacial score (nSPS) is 27.0. The van der Waals surface area contributed by atoms with E-state index in [1.807, 2.05) is 0 Å². The Morgan fingerprint density at radius 3 is 2.61 bits per heavy atom. The van der Waals surface area contributed by atoms with Crippen LogP contribution in [0.1, 0.15) is 25.7 Å². The van der Waals surface area contributed by atoms with E-state index in [0.29, 0.717) is 25.7 Å². The third-order valence-corrected chi connectivity index (χ3v) is 5.70. The van der Waals surface area contributed by atoms with Gasteiger partial charge in [0, 0.05) is 13.0 Å². The van der Waals surface area contributed by atoms with Crippen molar-refractivity contribution in [3.8, 4) is 0 Å². The molecule has 2 aliphatic rings. The molecule has 0 aromatic carbocycles. The first kappa shape index (κ1) is 20.2. The number of rotatable bonds is 5. The van der Waals surface area contributed by atoms with E-state index in [4.69, 9.17) is 17.3 Å². The third kappa shape index (κ3) is 3.57. The van der Waals surface area contributed by atoms with Crippen LogP contribution in [-0.2, 0) is 14.4 Å². The van der Waals surface area contributed by atoms with Gasteiger partial charge in [-0.1, -0.05) is 11.6 Å². The molecule has 3 amide bonds. The van der Waals surface area contributed by atoms with Gasteiger partial charge in [-0.15, -0.1) is 0 Å². The minimum absolute atomic E-state index is 0.114. The van der Waals surface area contributed by atoms with Gasteiger partial charge < -0.3 is 16.4 Å². The van der Waals surface area contributed by atoms with Crippen molar-refractivity contribution in [3.05, 3.63) is 17.5 Å². The van der Waals surface area contributed by atoms with E-state index in [0.717, 1.165) is 0 Å². The predicted octanol–water partition coefficient (Wildman–Crippen LogP) is -0.153. The Morgan fingerprint density at radius 1 is 1.29 bits per heavy atom. The minimum Gasteiger partial charge on any atom is -0.368 e. The predicted molar refractivity (Wildman–Crippen MR) is 103 cm³/mol. The first-order valence-corrected chi connectivity index (χ1v) is 9.36. The number of nitrogens with two attached hydrogens (primary N) is 1. The molecule has 1 saturated carbocycles. The van der Waals surface area contributed by atoms with E-state index >= 15 is 0 Å². The second kappa shape index (κ2) is 8.19. The smallest absolute Gasteiger partial charge is 0.267 e. The highest BCUT2D eigenvalue weighted by Crippen LogP contribution is 2.38. The lowest BCUT2D eigenvalue weighted by molar-refractivity contribution is -0.126. The number of aromatic nitrogens is 2. The van der Waals surface area contributed by atoms with Crippen molar-refractivity contribution in [2.75, 3.05) is 19.0 Å². The molecule has 1 unspecified atom stereocenters. The molecule has 1 aromatic rings. The van der Waals surface area contributed by atoms with Crippen LogP contribution in [0.2, 0.25) is 5.02 Å². The van der Waals surface area contributed by atoms with Crippen molar-refractivity contribution in [2.24, 2.45) is 22.6 Å². The van der Waals surface area contributed by atoms with Crippen molar-refractivity contribution < 1.29 is 14.4 Å². The lowest BCUT2D eigenvalue weighted by atomic mass is 9.69. The molecule has 150 valence electrons. The fraction of sp³-hybridized carbons (Fsp3) is 0.529. The molecule has 0 saturated heterocycles. The molecule has 1 fully saturated rings. The fourth-order valence-electron chi connectivity index (χ4n) is 3.98. The van der Waals surface area contributed by atoms with E-state index in [9.17, 15) is 14.4 Å². The van der Waals surface area contributed by atoms with Crippen LogP contribution < -0.4 is 21.7 Å². The van der Waals surface area contributed by atoms with Crippen LogP contribution in [0.25, 0.3) is 0 Å². The highest BCUT2D eigenvalue weighted by Gasteiger charge is 2.54. The van der Waals surface area contributed by atoms with Gasteiger partial charge in [0.15, 0.2) is 5.82 Å². The number of carbonyl (C=O) groups is 3. The Hall–Kier alpha value is -2.59. The van der Waals surface area contributed by atoms with Gasteiger partial charge >= 0.3 is 0 Å². The molecule has 1 atom stereocenters. The molecule has 0 bridgehead atoms. The molecule has 3 rings (SSSR count). The first-order chi connectivity index (χ1) is 13.4. The Morgan fingerprint density at radius 2 is 2.00 bits per heavy atom. The molecule has 28 heavy (non-hydrogen) atoms. The highest BCUT2D eigenvalue weighted by molar-refractivity contribution is 6.47. The number of aliphatic imine (C=N–C) groups is 1. The minimum atomic E-state index is -1.31. The van der Waals surface area contributed by atoms with Crippen LogP contribution in [0.3, 0.4) is 0 Å². The van der Waals surface area contributed by atoms with Crippen LogP contribution in [0.5, 0.6) is 0 Å². The summed E-state index contributed by atoms with van der Waals surface area (Å²) in [6.07, 6.45) is 4.88.